The number of methoxy groups -OCH3 is 1. The molecule has 0 aliphatic heterocycles. The standard InChI is InChI=1S/C17H15N3O2/c1-22-15-9-12(17(21)20-7-6-18-10-20)8-14-13(15)4-5-19-16(14)11-2-3-11/h4-11H,2-3H2,1H3. The predicted molar refractivity (Wildman–Crippen MR) is 82.2 cm³/mol. The van der Waals surface area contributed by atoms with Crippen LogP contribution in [0.2, 0.25) is 0 Å². The molecule has 22 heavy (non-hydrogen) atoms. The average Bonchev–Trinajstić information content (AvgIpc) is 3.26. The maximum absolute atomic E-state index is 12.6. The minimum absolute atomic E-state index is 0.122. The number of carbonyl (C=O) groups excluding carboxylic acids is 1. The lowest BCUT2D eigenvalue weighted by Gasteiger charge is -2.11. The van der Waals surface area contributed by atoms with Crippen molar-refractivity contribution in [2.24, 2.45) is 0 Å². The van der Waals surface area contributed by atoms with E-state index in [4.69, 9.17) is 4.74 Å². The van der Waals surface area contributed by atoms with Crippen molar-refractivity contribution in [1.29, 1.82) is 0 Å². The Morgan fingerprint density at radius 1 is 1.27 bits per heavy atom. The molecular weight excluding hydrogens is 278 g/mol. The first-order chi connectivity index (χ1) is 10.8. The van der Waals surface area contributed by atoms with E-state index in [1.54, 1.807) is 25.6 Å². The Morgan fingerprint density at radius 2 is 2.14 bits per heavy atom. The van der Waals surface area contributed by atoms with E-state index in [0.717, 1.165) is 29.3 Å². The third-order valence-electron chi connectivity index (χ3n) is 4.04. The predicted octanol–water partition coefficient (Wildman–Crippen LogP) is 3.01. The van der Waals surface area contributed by atoms with E-state index in [0.29, 0.717) is 17.2 Å². The monoisotopic (exact) mass is 293 g/mol. The summed E-state index contributed by atoms with van der Waals surface area (Å²) in [6.07, 6.45) is 8.87. The SMILES string of the molecule is COc1cc(C(=O)n2ccnc2)cc2c(C3CC3)nccc12. The van der Waals surface area contributed by atoms with Gasteiger partial charge in [0.25, 0.3) is 5.91 Å². The first-order valence-corrected chi connectivity index (χ1v) is 7.27. The number of carbonyl (C=O) groups is 1. The molecule has 0 unspecified atom stereocenters. The van der Waals surface area contributed by atoms with Gasteiger partial charge in [-0.15, -0.1) is 0 Å². The third-order valence-corrected chi connectivity index (χ3v) is 4.04. The quantitative estimate of drug-likeness (QED) is 0.745. The Bertz CT molecular complexity index is 852. The zero-order valence-corrected chi connectivity index (χ0v) is 12.2. The molecule has 1 saturated carbocycles. The fourth-order valence-corrected chi connectivity index (χ4v) is 2.77. The molecule has 0 spiro atoms. The second-order valence-electron chi connectivity index (χ2n) is 5.52. The third kappa shape index (κ3) is 2.06. The maximum atomic E-state index is 12.6. The fourth-order valence-electron chi connectivity index (χ4n) is 2.77. The first-order valence-electron chi connectivity index (χ1n) is 7.27. The van der Waals surface area contributed by atoms with Gasteiger partial charge in [0.05, 0.1) is 12.8 Å². The fraction of sp³-hybridized carbons (Fsp3) is 0.235. The number of hydrogen-bond acceptors (Lipinski definition) is 4. The molecule has 5 heteroatoms. The molecule has 3 aromatic rings. The van der Waals surface area contributed by atoms with E-state index in [2.05, 4.69) is 9.97 Å². The van der Waals surface area contributed by atoms with E-state index < -0.39 is 0 Å². The van der Waals surface area contributed by atoms with Gasteiger partial charge >= 0.3 is 0 Å². The highest BCUT2D eigenvalue weighted by Crippen LogP contribution is 2.43. The average molecular weight is 293 g/mol. The summed E-state index contributed by atoms with van der Waals surface area (Å²) in [7, 11) is 1.62. The van der Waals surface area contributed by atoms with Crippen molar-refractivity contribution in [3.63, 3.8) is 0 Å². The molecule has 1 fully saturated rings. The molecule has 1 aromatic carbocycles. The van der Waals surface area contributed by atoms with Crippen molar-refractivity contribution in [2.75, 3.05) is 7.11 Å². The summed E-state index contributed by atoms with van der Waals surface area (Å²) in [5, 5.41) is 2.01. The molecule has 2 aromatic heterocycles. The van der Waals surface area contributed by atoms with Crippen LogP contribution < -0.4 is 4.74 Å². The molecule has 0 saturated heterocycles. The van der Waals surface area contributed by atoms with Gasteiger partial charge in [0, 0.05) is 40.8 Å². The van der Waals surface area contributed by atoms with E-state index in [1.165, 1.54) is 10.9 Å². The van der Waals surface area contributed by atoms with Crippen molar-refractivity contribution >= 4 is 16.7 Å². The van der Waals surface area contributed by atoms with Crippen molar-refractivity contribution in [3.05, 3.63) is 54.4 Å². The highest BCUT2D eigenvalue weighted by molar-refractivity contribution is 6.02. The summed E-state index contributed by atoms with van der Waals surface area (Å²) in [5.74, 6) is 1.08. The topological polar surface area (TPSA) is 57.0 Å². The normalized spacial score (nSPS) is 14.2. The van der Waals surface area contributed by atoms with E-state index >= 15 is 0 Å². The molecule has 0 bridgehead atoms. The number of benzene rings is 1. The smallest absolute Gasteiger partial charge is 0.263 e. The van der Waals surface area contributed by atoms with Crippen LogP contribution >= 0.6 is 0 Å². The van der Waals surface area contributed by atoms with E-state index in [9.17, 15) is 4.79 Å². The van der Waals surface area contributed by atoms with Crippen LogP contribution in [0.5, 0.6) is 5.75 Å². The van der Waals surface area contributed by atoms with Crippen molar-refractivity contribution < 1.29 is 9.53 Å². The summed E-state index contributed by atoms with van der Waals surface area (Å²) in [5.41, 5.74) is 1.65. The van der Waals surface area contributed by atoms with Crippen molar-refractivity contribution in [1.82, 2.24) is 14.5 Å². The van der Waals surface area contributed by atoms with Crippen LogP contribution in [0.4, 0.5) is 0 Å². The van der Waals surface area contributed by atoms with E-state index in [1.807, 2.05) is 18.3 Å². The van der Waals surface area contributed by atoms with Crippen LogP contribution in [0.15, 0.2) is 43.1 Å². The lowest BCUT2D eigenvalue weighted by atomic mass is 10.0. The van der Waals surface area contributed by atoms with Gasteiger partial charge in [-0.25, -0.2) is 4.98 Å². The lowest BCUT2D eigenvalue weighted by molar-refractivity contribution is 0.0959. The van der Waals surface area contributed by atoms with Gasteiger partial charge in [0.1, 0.15) is 12.1 Å². The maximum Gasteiger partial charge on any atom is 0.263 e. The Labute approximate surface area is 127 Å². The van der Waals surface area contributed by atoms with Crippen LogP contribution in [0.25, 0.3) is 10.8 Å². The van der Waals surface area contributed by atoms with Gasteiger partial charge in [0.15, 0.2) is 0 Å². The second-order valence-corrected chi connectivity index (χ2v) is 5.52. The number of ether oxygens (including phenoxy) is 1. The highest BCUT2D eigenvalue weighted by Gasteiger charge is 2.27. The number of aromatic nitrogens is 3. The minimum atomic E-state index is -0.122. The zero-order valence-electron chi connectivity index (χ0n) is 12.2. The van der Waals surface area contributed by atoms with Crippen molar-refractivity contribution in [3.8, 4) is 5.75 Å². The summed E-state index contributed by atoms with van der Waals surface area (Å²) >= 11 is 0. The molecule has 0 atom stereocenters. The Kier molecular flexibility index (Phi) is 2.92. The van der Waals surface area contributed by atoms with E-state index in [-0.39, 0.29) is 5.91 Å². The summed E-state index contributed by atoms with van der Waals surface area (Å²) in [6, 6.07) is 5.63. The Hall–Kier alpha value is -2.69. The van der Waals surface area contributed by atoms with Crippen molar-refractivity contribution in [2.45, 2.75) is 18.8 Å². The van der Waals surface area contributed by atoms with Crippen LogP contribution in [0.3, 0.4) is 0 Å². The Balaban J connectivity index is 1.93. The van der Waals surface area contributed by atoms with Gasteiger partial charge in [-0.05, 0) is 31.0 Å². The highest BCUT2D eigenvalue weighted by atomic mass is 16.5. The zero-order chi connectivity index (χ0) is 15.1. The molecule has 110 valence electrons. The molecular formula is C17H15N3O2. The molecule has 1 aliphatic carbocycles. The van der Waals surface area contributed by atoms with Crippen LogP contribution in [0.1, 0.15) is 34.8 Å². The summed E-state index contributed by atoms with van der Waals surface area (Å²) in [4.78, 5) is 21.0. The first kappa shape index (κ1) is 13.0. The second kappa shape index (κ2) is 4.94. The largest absolute Gasteiger partial charge is 0.496 e. The number of nitrogens with zero attached hydrogens (tertiary/aromatic N) is 3. The molecule has 1 aliphatic rings. The molecule has 4 rings (SSSR count). The molecule has 0 amide bonds. The van der Waals surface area contributed by atoms with Crippen LogP contribution in [0, 0.1) is 0 Å². The minimum Gasteiger partial charge on any atom is -0.496 e. The molecule has 0 radical (unpaired) electrons. The molecule has 5 nitrogen and oxygen atoms in total. The van der Waals surface area contributed by atoms with Gasteiger partial charge in [-0.2, -0.15) is 0 Å². The molecule has 2 heterocycles. The van der Waals surface area contributed by atoms with Gasteiger partial charge in [-0.3, -0.25) is 14.3 Å². The molecule has 0 N–H and O–H groups in total. The number of rotatable bonds is 3. The summed E-state index contributed by atoms with van der Waals surface area (Å²) in [6.45, 7) is 0. The van der Waals surface area contributed by atoms with Crippen LogP contribution in [-0.2, 0) is 0 Å². The van der Waals surface area contributed by atoms with Gasteiger partial charge in [0.2, 0.25) is 0 Å². The number of fused-ring (bicyclic) bond motifs is 1. The lowest BCUT2D eigenvalue weighted by Crippen LogP contribution is -2.10. The number of imidazole rings is 1. The number of hydrogen-bond donors (Lipinski definition) is 0. The number of pyridine rings is 1. The van der Waals surface area contributed by atoms with Crippen LogP contribution in [-0.4, -0.2) is 27.6 Å². The summed E-state index contributed by atoms with van der Waals surface area (Å²) < 4.78 is 6.95. The van der Waals surface area contributed by atoms with Gasteiger partial charge < -0.3 is 4.74 Å². The Morgan fingerprint density at radius 3 is 2.82 bits per heavy atom. The van der Waals surface area contributed by atoms with Gasteiger partial charge in [-0.1, -0.05) is 0 Å².